The van der Waals surface area contributed by atoms with Crippen LogP contribution in [0.25, 0.3) is 0 Å². The van der Waals surface area contributed by atoms with Gasteiger partial charge < -0.3 is 0 Å². The van der Waals surface area contributed by atoms with Crippen molar-refractivity contribution in [1.29, 1.82) is 0 Å². The zero-order valence-electron chi connectivity index (χ0n) is 12.1. The third kappa shape index (κ3) is 5.52. The predicted octanol–water partition coefficient (Wildman–Crippen LogP) is -3.05. The van der Waals surface area contributed by atoms with Gasteiger partial charge in [-0.1, -0.05) is 0 Å². The molecule has 1 fully saturated rings. The fraction of sp³-hybridized carbons (Fsp3) is 0.571. The summed E-state index contributed by atoms with van der Waals surface area (Å²) in [6, 6.07) is 0.312. The van der Waals surface area contributed by atoms with Crippen LogP contribution in [0.3, 0.4) is 0 Å². The molecule has 2 N–H and O–H groups in total. The quantitative estimate of drug-likeness (QED) is 0.288. The third-order valence-corrected chi connectivity index (χ3v) is 7.72. The van der Waals surface area contributed by atoms with Crippen LogP contribution >= 0.6 is 8.93 Å². The molecule has 0 aromatic rings. The Labute approximate surface area is 138 Å². The molecule has 0 bridgehead atoms. The van der Waals surface area contributed by atoms with E-state index >= 15 is 0 Å². The van der Waals surface area contributed by atoms with Crippen LogP contribution in [-0.4, -0.2) is 53.9 Å². The van der Waals surface area contributed by atoms with E-state index in [-0.39, 0.29) is 43.7 Å². The number of nitrogens with zero attached hydrogens (tertiary/aromatic N) is 1. The second kappa shape index (κ2) is 8.06. The molecule has 7 heteroatoms. The van der Waals surface area contributed by atoms with Crippen molar-refractivity contribution in [1.82, 2.24) is 15.5 Å². The van der Waals surface area contributed by atoms with Crippen molar-refractivity contribution in [3.63, 3.8) is 0 Å². The average molecular weight is 420 g/mol. The van der Waals surface area contributed by atoms with E-state index in [0.29, 0.717) is 6.54 Å². The first kappa shape index (κ1) is 16.6. The van der Waals surface area contributed by atoms with Crippen molar-refractivity contribution >= 4 is 20.7 Å². The molecule has 21 heavy (non-hydrogen) atoms. The molecule has 1 aliphatic carbocycles. The van der Waals surface area contributed by atoms with E-state index in [9.17, 15) is 9.59 Å². The molecule has 5 nitrogen and oxygen atoms in total. The minimum absolute atomic E-state index is 0.0535. The Hall–Kier alpha value is -0.720. The molecule has 0 saturated heterocycles. The Kier molecular flexibility index (Phi) is 6.39. The van der Waals surface area contributed by atoms with Crippen LogP contribution in [0.1, 0.15) is 12.8 Å². The van der Waals surface area contributed by atoms with Gasteiger partial charge in [-0.2, -0.15) is 0 Å². The van der Waals surface area contributed by atoms with E-state index in [4.69, 9.17) is 0 Å². The fourth-order valence-corrected chi connectivity index (χ4v) is 6.44. The Bertz CT molecular complexity index is 504. The molecule has 0 aromatic heterocycles. The van der Waals surface area contributed by atoms with Crippen molar-refractivity contribution in [3.05, 3.63) is 11.0 Å². The molecule has 0 unspecified atom stereocenters. The molecule has 0 aromatic carbocycles. The molecule has 1 saturated carbocycles. The van der Waals surface area contributed by atoms with Crippen molar-refractivity contribution in [3.8, 4) is 11.8 Å². The fourth-order valence-electron chi connectivity index (χ4n) is 1.96. The van der Waals surface area contributed by atoms with Crippen molar-refractivity contribution < 1.29 is 29.4 Å². The first-order chi connectivity index (χ1) is 10.0. The van der Waals surface area contributed by atoms with Crippen LogP contribution in [-0.2, 0) is 9.59 Å². The van der Waals surface area contributed by atoms with Crippen LogP contribution in [0.5, 0.6) is 0 Å². The van der Waals surface area contributed by atoms with E-state index in [1.807, 2.05) is 25.1 Å². The summed E-state index contributed by atoms with van der Waals surface area (Å²) in [5.74, 6) is 5.20. The molecule has 1 heterocycles. The van der Waals surface area contributed by atoms with E-state index in [1.54, 1.807) is 8.93 Å². The van der Waals surface area contributed by atoms with E-state index < -0.39 is 0 Å². The summed E-state index contributed by atoms with van der Waals surface area (Å²) in [4.78, 5) is 26.2. The number of hydrogen-bond acceptors (Lipinski definition) is 4. The molecule has 2 aliphatic rings. The summed E-state index contributed by atoms with van der Waals surface area (Å²) >= 11 is 0.111. The van der Waals surface area contributed by atoms with E-state index in [0.717, 1.165) is 22.2 Å². The molecular weight excluding hydrogens is 401 g/mol. The van der Waals surface area contributed by atoms with Gasteiger partial charge in [0.2, 0.25) is 0 Å². The topological polar surface area (TPSA) is 61.4 Å². The predicted molar refractivity (Wildman–Crippen MR) is 80.0 cm³/mol. The number of allylic oxidation sites excluding steroid dienone is 1. The van der Waals surface area contributed by atoms with Gasteiger partial charge in [-0.15, -0.1) is 0 Å². The summed E-state index contributed by atoms with van der Waals surface area (Å²) in [5, 5.41) is 5.88. The summed E-state index contributed by atoms with van der Waals surface area (Å²) in [7, 11) is 5.53. The number of carbonyl (C=O) groups excluding carboxylic acids is 2. The van der Waals surface area contributed by atoms with Gasteiger partial charge in [0.25, 0.3) is 0 Å². The minimum atomic E-state index is -0.231. The maximum atomic E-state index is 11.9. The zero-order chi connectivity index (χ0) is 15.2. The number of amides is 2. The normalized spacial score (nSPS) is 24.0. The summed E-state index contributed by atoms with van der Waals surface area (Å²) in [5.41, 5.74) is 0. The van der Waals surface area contributed by atoms with Gasteiger partial charge >= 0.3 is 120 Å². The van der Waals surface area contributed by atoms with E-state index in [1.165, 1.54) is 0 Å². The molecule has 0 atom stereocenters. The van der Waals surface area contributed by atoms with E-state index in [2.05, 4.69) is 22.5 Å². The second-order valence-electron chi connectivity index (χ2n) is 5.26. The summed E-state index contributed by atoms with van der Waals surface area (Å²) < 4.78 is 1.08. The Morgan fingerprint density at radius 2 is 2.10 bits per heavy atom. The van der Waals surface area contributed by atoms with Crippen molar-refractivity contribution in [2.45, 2.75) is 24.9 Å². The van der Waals surface area contributed by atoms with Gasteiger partial charge in [0.1, 0.15) is 0 Å². The van der Waals surface area contributed by atoms with Crippen LogP contribution < -0.4 is 30.5 Å². The Morgan fingerprint density at radius 3 is 2.71 bits per heavy atom. The van der Waals surface area contributed by atoms with Gasteiger partial charge in [0.05, 0.1) is 0 Å². The number of alkyl halides is 1. The van der Waals surface area contributed by atoms with Gasteiger partial charge in [0, 0.05) is 0 Å². The van der Waals surface area contributed by atoms with Crippen LogP contribution in [0.15, 0.2) is 11.0 Å². The molecule has 2 amide bonds. The number of hydrogen-bond donors (Lipinski definition) is 2. The van der Waals surface area contributed by atoms with Gasteiger partial charge in [-0.05, 0) is 14.1 Å². The van der Waals surface area contributed by atoms with Crippen LogP contribution in [0, 0.1) is 11.8 Å². The van der Waals surface area contributed by atoms with Gasteiger partial charge in [0.15, 0.2) is 0 Å². The standard InChI is InChI=1S/C14H19IN3O2S/c1-18(2)7-3-4-13(19)16-10-8-11(9-10)17-14(20)12-5-6-15-21-12/h5,10-11H,6-9H2,1-2H3,(H,16,19)(H,17,20)/q-1. The molecule has 1 aliphatic heterocycles. The molecule has 0 radical (unpaired) electrons. The SMILES string of the molecule is CN(C)CC#CC(=O)NC1CC(NC(=O)C2=CC[I-]S2)C1. The molecule has 116 valence electrons. The monoisotopic (exact) mass is 420 g/mol. The maximum absolute atomic E-state index is 11.9. The average Bonchev–Trinajstić information content (AvgIpc) is 2.89. The third-order valence-electron chi connectivity index (χ3n) is 3.09. The molecular formula is C14H19IN3O2S-. The number of rotatable bonds is 4. The second-order valence-corrected chi connectivity index (χ2v) is 10.1. The van der Waals surface area contributed by atoms with Gasteiger partial charge in [-0.25, -0.2) is 0 Å². The van der Waals surface area contributed by atoms with Crippen LogP contribution in [0.4, 0.5) is 0 Å². The molecule has 0 spiro atoms. The zero-order valence-corrected chi connectivity index (χ0v) is 15.1. The summed E-state index contributed by atoms with van der Waals surface area (Å²) in [6.07, 6.45) is 3.62. The summed E-state index contributed by atoms with van der Waals surface area (Å²) in [6.45, 7) is 0.576. The Balaban J connectivity index is 1.63. The first-order valence-electron chi connectivity index (χ1n) is 6.76. The van der Waals surface area contributed by atoms with Crippen molar-refractivity contribution in [2.24, 2.45) is 0 Å². The van der Waals surface area contributed by atoms with Crippen LogP contribution in [0.2, 0.25) is 0 Å². The number of nitrogens with one attached hydrogen (secondary N) is 2. The number of carbonyl (C=O) groups is 2. The molecule has 2 rings (SSSR count). The Morgan fingerprint density at radius 1 is 1.38 bits per heavy atom. The first-order valence-corrected chi connectivity index (χ1v) is 11.6. The van der Waals surface area contributed by atoms with Crippen molar-refractivity contribution in [2.75, 3.05) is 25.1 Å². The van der Waals surface area contributed by atoms with Gasteiger partial charge in [-0.3, -0.25) is 4.90 Å². The number of halogens is 1.